The highest BCUT2D eigenvalue weighted by molar-refractivity contribution is 6.35. The number of halogens is 3. The molecule has 0 aliphatic heterocycles. The molecule has 2 amide bonds. The number of carbonyl (C=O) groups is 2. The minimum atomic E-state index is -0.652. The molecule has 0 heterocycles. The molecule has 1 unspecified atom stereocenters. The SMILES string of the molecule is CCC(C(=O)NC(C)C)N(Cc1ccc(F)cc1)C(=O)Cc1ccc(Cl)cc1Cl. The van der Waals surface area contributed by atoms with Crippen LogP contribution in [0.5, 0.6) is 0 Å². The molecular weight excluding hydrogens is 414 g/mol. The summed E-state index contributed by atoms with van der Waals surface area (Å²) >= 11 is 12.2. The van der Waals surface area contributed by atoms with Gasteiger partial charge in [0.1, 0.15) is 11.9 Å². The quantitative estimate of drug-likeness (QED) is 0.629. The van der Waals surface area contributed by atoms with Gasteiger partial charge >= 0.3 is 0 Å². The average Bonchev–Trinajstić information content (AvgIpc) is 2.64. The van der Waals surface area contributed by atoms with Crippen LogP contribution in [0, 0.1) is 5.82 Å². The van der Waals surface area contributed by atoms with Crippen LogP contribution in [-0.4, -0.2) is 28.8 Å². The molecule has 0 saturated carbocycles. The number of carbonyl (C=O) groups excluding carboxylic acids is 2. The van der Waals surface area contributed by atoms with E-state index in [2.05, 4.69) is 5.32 Å². The molecular formula is C22H25Cl2FN2O2. The molecule has 29 heavy (non-hydrogen) atoms. The Morgan fingerprint density at radius 1 is 1.10 bits per heavy atom. The van der Waals surface area contributed by atoms with Gasteiger partial charge < -0.3 is 10.2 Å². The fourth-order valence-electron chi connectivity index (χ4n) is 3.02. The second-order valence-corrected chi connectivity index (χ2v) is 7.99. The molecule has 2 rings (SSSR count). The summed E-state index contributed by atoms with van der Waals surface area (Å²) in [5.74, 6) is -0.825. The third-order valence-corrected chi connectivity index (χ3v) is 5.03. The summed E-state index contributed by atoms with van der Waals surface area (Å²) in [7, 11) is 0. The lowest BCUT2D eigenvalue weighted by Crippen LogP contribution is -2.50. The zero-order valence-electron chi connectivity index (χ0n) is 16.7. The van der Waals surface area contributed by atoms with Crippen molar-refractivity contribution >= 4 is 35.0 Å². The minimum absolute atomic E-state index is 0.0304. The zero-order chi connectivity index (χ0) is 21.6. The van der Waals surface area contributed by atoms with Gasteiger partial charge in [-0.2, -0.15) is 0 Å². The summed E-state index contributed by atoms with van der Waals surface area (Å²) < 4.78 is 13.3. The third kappa shape index (κ3) is 6.72. The van der Waals surface area contributed by atoms with E-state index in [1.165, 1.54) is 17.0 Å². The van der Waals surface area contributed by atoms with Gasteiger partial charge in [0.2, 0.25) is 11.8 Å². The Morgan fingerprint density at radius 2 is 1.76 bits per heavy atom. The van der Waals surface area contributed by atoms with Crippen molar-refractivity contribution in [3.8, 4) is 0 Å². The van der Waals surface area contributed by atoms with Crippen molar-refractivity contribution in [1.29, 1.82) is 0 Å². The fourth-order valence-corrected chi connectivity index (χ4v) is 3.49. The Labute approximate surface area is 181 Å². The lowest BCUT2D eigenvalue weighted by atomic mass is 10.1. The molecule has 1 atom stereocenters. The van der Waals surface area contributed by atoms with E-state index in [4.69, 9.17) is 23.2 Å². The van der Waals surface area contributed by atoms with Gasteiger partial charge in [-0.05, 0) is 55.7 Å². The first-order chi connectivity index (χ1) is 13.7. The zero-order valence-corrected chi connectivity index (χ0v) is 18.2. The van der Waals surface area contributed by atoms with Crippen LogP contribution in [0.25, 0.3) is 0 Å². The van der Waals surface area contributed by atoms with Crippen LogP contribution in [0.1, 0.15) is 38.3 Å². The predicted molar refractivity (Wildman–Crippen MR) is 114 cm³/mol. The van der Waals surface area contributed by atoms with Gasteiger partial charge in [-0.25, -0.2) is 4.39 Å². The number of hydrogen-bond donors (Lipinski definition) is 1. The van der Waals surface area contributed by atoms with Crippen molar-refractivity contribution in [3.63, 3.8) is 0 Å². The van der Waals surface area contributed by atoms with E-state index in [0.717, 1.165) is 5.56 Å². The van der Waals surface area contributed by atoms with Gasteiger partial charge in [0, 0.05) is 22.6 Å². The van der Waals surface area contributed by atoms with Gasteiger partial charge in [-0.1, -0.05) is 48.3 Å². The summed E-state index contributed by atoms with van der Waals surface area (Å²) in [6, 6.07) is 10.1. The topological polar surface area (TPSA) is 49.4 Å². The van der Waals surface area contributed by atoms with Crippen molar-refractivity contribution in [3.05, 3.63) is 69.5 Å². The first-order valence-electron chi connectivity index (χ1n) is 9.49. The average molecular weight is 439 g/mol. The maximum Gasteiger partial charge on any atom is 0.243 e. The Hall–Kier alpha value is -2.11. The van der Waals surface area contributed by atoms with Crippen molar-refractivity contribution < 1.29 is 14.0 Å². The molecule has 0 saturated heterocycles. The number of hydrogen-bond acceptors (Lipinski definition) is 2. The summed E-state index contributed by atoms with van der Waals surface area (Å²) in [5.41, 5.74) is 1.36. The van der Waals surface area contributed by atoms with Crippen LogP contribution in [-0.2, 0) is 22.6 Å². The molecule has 0 fully saturated rings. The second kappa shape index (κ2) is 10.6. The minimum Gasteiger partial charge on any atom is -0.352 e. The van der Waals surface area contributed by atoms with Crippen molar-refractivity contribution in [1.82, 2.24) is 10.2 Å². The van der Waals surface area contributed by atoms with E-state index in [0.29, 0.717) is 22.0 Å². The number of benzene rings is 2. The van der Waals surface area contributed by atoms with Crippen LogP contribution >= 0.6 is 23.2 Å². The monoisotopic (exact) mass is 438 g/mol. The second-order valence-electron chi connectivity index (χ2n) is 7.15. The lowest BCUT2D eigenvalue weighted by Gasteiger charge is -2.31. The fraction of sp³-hybridized carbons (Fsp3) is 0.364. The van der Waals surface area contributed by atoms with Gasteiger partial charge in [-0.3, -0.25) is 9.59 Å². The molecule has 1 N–H and O–H groups in total. The summed E-state index contributed by atoms with van der Waals surface area (Å²) in [4.78, 5) is 27.4. The van der Waals surface area contributed by atoms with Gasteiger partial charge in [0.15, 0.2) is 0 Å². The summed E-state index contributed by atoms with van der Waals surface area (Å²) in [6.45, 7) is 5.77. The lowest BCUT2D eigenvalue weighted by molar-refractivity contribution is -0.141. The number of nitrogens with zero attached hydrogens (tertiary/aromatic N) is 1. The standard InChI is InChI=1S/C22H25Cl2FN2O2/c1-4-20(22(29)26-14(2)3)27(13-15-5-9-18(25)10-6-15)21(28)11-16-7-8-17(23)12-19(16)24/h5-10,12,14,20H,4,11,13H2,1-3H3,(H,26,29). The maximum atomic E-state index is 13.3. The molecule has 0 spiro atoms. The smallest absolute Gasteiger partial charge is 0.243 e. The molecule has 0 aliphatic carbocycles. The number of amides is 2. The van der Waals surface area contributed by atoms with E-state index in [-0.39, 0.29) is 36.6 Å². The van der Waals surface area contributed by atoms with E-state index >= 15 is 0 Å². The van der Waals surface area contributed by atoms with Crippen LogP contribution in [0.15, 0.2) is 42.5 Å². The van der Waals surface area contributed by atoms with Crippen molar-refractivity contribution in [2.75, 3.05) is 0 Å². The molecule has 0 radical (unpaired) electrons. The largest absolute Gasteiger partial charge is 0.352 e. The van der Waals surface area contributed by atoms with Crippen LogP contribution in [0.3, 0.4) is 0 Å². The summed E-state index contributed by atoms with van der Waals surface area (Å²) in [5, 5.41) is 3.75. The van der Waals surface area contributed by atoms with Gasteiger partial charge in [0.05, 0.1) is 6.42 Å². The Kier molecular flexibility index (Phi) is 8.47. The van der Waals surface area contributed by atoms with Crippen LogP contribution in [0.2, 0.25) is 10.0 Å². The normalized spacial score (nSPS) is 12.0. The van der Waals surface area contributed by atoms with Crippen molar-refractivity contribution in [2.24, 2.45) is 0 Å². The molecule has 0 aliphatic rings. The maximum absolute atomic E-state index is 13.3. The molecule has 4 nitrogen and oxygen atoms in total. The Balaban J connectivity index is 2.31. The molecule has 2 aromatic carbocycles. The van der Waals surface area contributed by atoms with Crippen LogP contribution in [0.4, 0.5) is 4.39 Å². The molecule has 0 bridgehead atoms. The highest BCUT2D eigenvalue weighted by Gasteiger charge is 2.29. The van der Waals surface area contributed by atoms with E-state index in [9.17, 15) is 14.0 Å². The third-order valence-electron chi connectivity index (χ3n) is 4.44. The molecule has 156 valence electrons. The van der Waals surface area contributed by atoms with E-state index in [1.54, 1.807) is 30.3 Å². The van der Waals surface area contributed by atoms with Gasteiger partial charge in [0.25, 0.3) is 0 Å². The van der Waals surface area contributed by atoms with Gasteiger partial charge in [-0.15, -0.1) is 0 Å². The van der Waals surface area contributed by atoms with Crippen LogP contribution < -0.4 is 5.32 Å². The highest BCUT2D eigenvalue weighted by Crippen LogP contribution is 2.23. The predicted octanol–water partition coefficient (Wildman–Crippen LogP) is 5.01. The summed E-state index contributed by atoms with van der Waals surface area (Å²) in [6.07, 6.45) is 0.475. The first-order valence-corrected chi connectivity index (χ1v) is 10.2. The van der Waals surface area contributed by atoms with E-state index in [1.807, 2.05) is 20.8 Å². The Bertz CT molecular complexity index is 856. The molecule has 0 aromatic heterocycles. The molecule has 2 aromatic rings. The number of nitrogens with one attached hydrogen (secondary N) is 1. The highest BCUT2D eigenvalue weighted by atomic mass is 35.5. The van der Waals surface area contributed by atoms with E-state index < -0.39 is 6.04 Å². The van der Waals surface area contributed by atoms with Crippen molar-refractivity contribution in [2.45, 2.75) is 52.2 Å². The first kappa shape index (κ1) is 23.2. The molecule has 7 heteroatoms. The number of rotatable bonds is 8. The Morgan fingerprint density at radius 3 is 2.31 bits per heavy atom.